The van der Waals surface area contributed by atoms with Crippen molar-refractivity contribution in [3.05, 3.63) is 12.2 Å². The molecule has 19 nitrogen and oxygen atoms in total. The third-order valence-corrected chi connectivity index (χ3v) is 20.3. The summed E-state index contributed by atoms with van der Waals surface area (Å²) >= 11 is 0. The monoisotopic (exact) mass is 1370 g/mol. The van der Waals surface area contributed by atoms with Crippen LogP contribution in [0.15, 0.2) is 12.2 Å². The molecule has 0 spiro atoms. The average molecular weight is 1380 g/mol. The summed E-state index contributed by atoms with van der Waals surface area (Å²) in [7, 11) is 0. The summed E-state index contributed by atoms with van der Waals surface area (Å²) < 4.78 is 34.4. The number of amides is 1. The van der Waals surface area contributed by atoms with Gasteiger partial charge in [0, 0.05) is 6.42 Å². The Morgan fingerprint density at radius 1 is 0.365 bits per heavy atom. The summed E-state index contributed by atoms with van der Waals surface area (Å²) in [5.41, 5.74) is 0. The van der Waals surface area contributed by atoms with Crippen LogP contribution in [-0.4, -0.2) is 193 Å². The molecule has 3 saturated heterocycles. The van der Waals surface area contributed by atoms with Crippen LogP contribution in [0.5, 0.6) is 0 Å². The van der Waals surface area contributed by atoms with Gasteiger partial charge in [-0.25, -0.2) is 0 Å². The molecule has 3 rings (SSSR count). The second-order valence-electron chi connectivity index (χ2n) is 28.9. The van der Waals surface area contributed by atoms with Gasteiger partial charge in [-0.3, -0.25) is 4.79 Å². The summed E-state index contributed by atoms with van der Waals surface area (Å²) in [5.74, 6) is -0.236. The topological polar surface area (TPSA) is 307 Å². The summed E-state index contributed by atoms with van der Waals surface area (Å²) in [6.45, 7) is 1.83. The van der Waals surface area contributed by atoms with Gasteiger partial charge >= 0.3 is 0 Å². The molecular formula is C77H147NO18. The molecule has 0 bridgehead atoms. The van der Waals surface area contributed by atoms with E-state index in [0.29, 0.717) is 12.8 Å². The summed E-state index contributed by atoms with van der Waals surface area (Å²) in [4.78, 5) is 13.4. The van der Waals surface area contributed by atoms with E-state index in [1.807, 2.05) is 0 Å². The van der Waals surface area contributed by atoms with E-state index >= 15 is 0 Å². The van der Waals surface area contributed by atoms with Crippen molar-refractivity contribution in [1.82, 2.24) is 5.32 Å². The third kappa shape index (κ3) is 39.3. The molecule has 0 radical (unpaired) electrons. The normalized spacial score (nSPS) is 27.0. The molecule has 0 aromatic rings. The third-order valence-electron chi connectivity index (χ3n) is 20.3. The van der Waals surface area contributed by atoms with E-state index in [2.05, 4.69) is 31.3 Å². The molecular weight excluding hydrogens is 1230 g/mol. The number of carbonyl (C=O) groups is 1. The Morgan fingerprint density at radius 2 is 0.656 bits per heavy atom. The van der Waals surface area contributed by atoms with Gasteiger partial charge in [0.15, 0.2) is 18.9 Å². The minimum absolute atomic E-state index is 0.236. The number of aliphatic hydroxyl groups is 11. The first-order valence-corrected chi connectivity index (χ1v) is 39.9. The Hall–Kier alpha value is -1.47. The van der Waals surface area contributed by atoms with E-state index in [0.717, 1.165) is 44.9 Å². The first kappa shape index (κ1) is 88.7. The molecule has 1 amide bonds. The fourth-order valence-corrected chi connectivity index (χ4v) is 13.9. The zero-order valence-electron chi connectivity index (χ0n) is 60.6. The van der Waals surface area contributed by atoms with E-state index < -0.39 is 124 Å². The van der Waals surface area contributed by atoms with Crippen LogP contribution >= 0.6 is 0 Å². The lowest BCUT2D eigenvalue weighted by Gasteiger charge is -2.48. The molecule has 3 aliphatic rings. The number of unbranched alkanes of at least 4 members (excludes halogenated alkanes) is 46. The maximum atomic E-state index is 13.4. The van der Waals surface area contributed by atoms with Gasteiger partial charge in [-0.05, 0) is 38.5 Å². The highest BCUT2D eigenvalue weighted by atomic mass is 16.8. The molecule has 12 N–H and O–H groups in total. The fraction of sp³-hybridized carbons (Fsp3) is 0.961. The molecule has 3 heterocycles. The molecule has 0 aliphatic carbocycles. The number of hydrogen-bond acceptors (Lipinski definition) is 18. The highest BCUT2D eigenvalue weighted by Gasteiger charge is 2.54. The molecule has 17 unspecified atom stereocenters. The Kier molecular flexibility index (Phi) is 54.5. The minimum atomic E-state index is -1.97. The molecule has 17 atom stereocenters. The molecule has 3 aliphatic heterocycles. The molecule has 0 saturated carbocycles. The maximum Gasteiger partial charge on any atom is 0.220 e. The first-order valence-electron chi connectivity index (χ1n) is 39.9. The van der Waals surface area contributed by atoms with Crippen LogP contribution in [0.3, 0.4) is 0 Å². The van der Waals surface area contributed by atoms with Crippen molar-refractivity contribution in [3.63, 3.8) is 0 Å². The van der Waals surface area contributed by atoms with E-state index in [9.17, 15) is 61.0 Å². The van der Waals surface area contributed by atoms with Crippen molar-refractivity contribution in [2.45, 2.75) is 446 Å². The van der Waals surface area contributed by atoms with E-state index in [1.165, 1.54) is 263 Å². The number of ether oxygens (including phenoxy) is 6. The minimum Gasteiger partial charge on any atom is -0.394 e. The van der Waals surface area contributed by atoms with Crippen LogP contribution in [0.2, 0.25) is 0 Å². The summed E-state index contributed by atoms with van der Waals surface area (Å²) in [5, 5.41) is 121. The zero-order valence-corrected chi connectivity index (χ0v) is 60.6. The Labute approximate surface area is 582 Å². The van der Waals surface area contributed by atoms with Crippen molar-refractivity contribution in [2.75, 3.05) is 26.4 Å². The van der Waals surface area contributed by atoms with Crippen LogP contribution in [-0.2, 0) is 33.2 Å². The summed E-state index contributed by atoms with van der Waals surface area (Å²) in [6, 6.07) is -0.882. The fourth-order valence-electron chi connectivity index (χ4n) is 13.9. The number of hydrogen-bond donors (Lipinski definition) is 12. The molecule has 568 valence electrons. The van der Waals surface area contributed by atoms with Crippen molar-refractivity contribution < 1.29 is 89.4 Å². The van der Waals surface area contributed by atoms with Crippen molar-refractivity contribution in [2.24, 2.45) is 0 Å². The van der Waals surface area contributed by atoms with Gasteiger partial charge in [-0.2, -0.15) is 0 Å². The van der Waals surface area contributed by atoms with Gasteiger partial charge in [0.25, 0.3) is 0 Å². The predicted octanol–water partition coefficient (Wildman–Crippen LogP) is 12.8. The lowest BCUT2D eigenvalue weighted by Crippen LogP contribution is -2.66. The number of rotatable bonds is 64. The number of aliphatic hydroxyl groups excluding tert-OH is 11. The lowest BCUT2D eigenvalue weighted by atomic mass is 9.96. The molecule has 19 heteroatoms. The van der Waals surface area contributed by atoms with Crippen molar-refractivity contribution in [3.8, 4) is 0 Å². The van der Waals surface area contributed by atoms with Gasteiger partial charge < -0.3 is 89.9 Å². The van der Waals surface area contributed by atoms with Crippen LogP contribution in [0, 0.1) is 0 Å². The number of carbonyl (C=O) groups excluding carboxylic acids is 1. The maximum absolute atomic E-state index is 13.4. The average Bonchev–Trinajstić information content (AvgIpc) is 0.787. The van der Waals surface area contributed by atoms with E-state index in [1.54, 1.807) is 0 Å². The zero-order chi connectivity index (χ0) is 69.6. The first-order chi connectivity index (χ1) is 46.8. The van der Waals surface area contributed by atoms with Crippen LogP contribution in [0.4, 0.5) is 0 Å². The largest absolute Gasteiger partial charge is 0.394 e. The van der Waals surface area contributed by atoms with Gasteiger partial charge in [0.2, 0.25) is 5.91 Å². The standard InChI is InChI=1S/C77H147NO18/c1-3-5-7-9-11-13-15-17-18-19-20-21-22-23-24-25-26-27-28-29-30-31-32-33-34-35-36-37-38-39-40-41-42-43-45-47-49-51-53-55-65(83)78-60(61(82)54-52-50-48-46-44-16-14-12-10-8-6-4-2)59-91-75-71(89)68(86)73(63(57-80)93-75)96-77-72(90)69(87)74(64(58-81)94-77)95-76-70(88)67(85)66(84)62(56-79)92-76/h19-20,60-64,66-77,79-82,84-90H,3-18,21-59H2,1-2H3,(H,78,83)/b20-19-. The van der Waals surface area contributed by atoms with Gasteiger partial charge in [-0.1, -0.05) is 309 Å². The lowest BCUT2D eigenvalue weighted by molar-refractivity contribution is -0.379. The Bertz CT molecular complexity index is 1790. The molecule has 0 aromatic heterocycles. The molecule has 96 heavy (non-hydrogen) atoms. The quantitative estimate of drug-likeness (QED) is 0.0199. The SMILES string of the molecule is CCCCCCCCCC/C=C\CCCCCCCCCCCCCCCCCCCCCCCCCCCCCC(=O)NC(COC1OC(CO)C(OC2OC(CO)C(OC3OC(CO)C(O)C(O)C3O)C(O)C2O)C(O)C1O)C(O)CCCCCCCCCCCCCC. The smallest absolute Gasteiger partial charge is 0.220 e. The predicted molar refractivity (Wildman–Crippen MR) is 379 cm³/mol. The molecule has 0 aromatic carbocycles. The van der Waals surface area contributed by atoms with Crippen LogP contribution in [0.25, 0.3) is 0 Å². The van der Waals surface area contributed by atoms with Gasteiger partial charge in [-0.15, -0.1) is 0 Å². The van der Waals surface area contributed by atoms with Crippen LogP contribution in [0.1, 0.15) is 341 Å². The number of allylic oxidation sites excluding steroid dienone is 2. The summed E-state index contributed by atoms with van der Waals surface area (Å²) in [6.07, 6.45) is 42.1. The molecule has 3 fully saturated rings. The highest BCUT2D eigenvalue weighted by Crippen LogP contribution is 2.33. The van der Waals surface area contributed by atoms with Crippen molar-refractivity contribution in [1.29, 1.82) is 0 Å². The second-order valence-corrected chi connectivity index (χ2v) is 28.9. The van der Waals surface area contributed by atoms with E-state index in [-0.39, 0.29) is 18.9 Å². The van der Waals surface area contributed by atoms with Gasteiger partial charge in [0.1, 0.15) is 73.2 Å². The van der Waals surface area contributed by atoms with Crippen LogP contribution < -0.4 is 5.32 Å². The number of nitrogens with one attached hydrogen (secondary N) is 1. The highest BCUT2D eigenvalue weighted by molar-refractivity contribution is 5.76. The van der Waals surface area contributed by atoms with E-state index in [4.69, 9.17) is 28.4 Å². The Morgan fingerprint density at radius 3 is 1.01 bits per heavy atom. The van der Waals surface area contributed by atoms with Gasteiger partial charge in [0.05, 0.1) is 38.6 Å². The Balaban J connectivity index is 1.26. The van der Waals surface area contributed by atoms with Crippen molar-refractivity contribution >= 4 is 5.91 Å². The second kappa shape index (κ2) is 59.0.